The molecule has 0 aromatic carbocycles. The van der Waals surface area contributed by atoms with E-state index in [9.17, 15) is 4.79 Å². The monoisotopic (exact) mass is 335 g/mol. The second-order valence-electron chi connectivity index (χ2n) is 7.16. The van der Waals surface area contributed by atoms with Crippen molar-refractivity contribution >= 4 is 22.4 Å². The van der Waals surface area contributed by atoms with Crippen molar-refractivity contribution in [2.45, 2.75) is 51.2 Å². The van der Waals surface area contributed by atoms with E-state index in [0.29, 0.717) is 17.4 Å². The SMILES string of the molecule is CCOC1CC2(CCN(C(=O)C3CCCN3c3nccs3)C2)C1. The van der Waals surface area contributed by atoms with Crippen molar-refractivity contribution in [3.05, 3.63) is 11.6 Å². The van der Waals surface area contributed by atoms with Crippen LogP contribution in [0.5, 0.6) is 0 Å². The van der Waals surface area contributed by atoms with Crippen LogP contribution >= 0.6 is 11.3 Å². The molecule has 1 spiro atoms. The number of rotatable bonds is 4. The Morgan fingerprint density at radius 2 is 2.35 bits per heavy atom. The van der Waals surface area contributed by atoms with Gasteiger partial charge in [0, 0.05) is 37.8 Å². The third-order valence-corrected chi connectivity index (χ3v) is 6.49. The lowest BCUT2D eigenvalue weighted by Gasteiger charge is -2.44. The lowest BCUT2D eigenvalue weighted by atomic mass is 9.66. The first-order chi connectivity index (χ1) is 11.2. The minimum absolute atomic E-state index is 0.000865. The van der Waals surface area contributed by atoms with Crippen LogP contribution in [0, 0.1) is 5.41 Å². The summed E-state index contributed by atoms with van der Waals surface area (Å²) in [4.78, 5) is 21.7. The zero-order chi connectivity index (χ0) is 15.9. The molecule has 1 aliphatic carbocycles. The van der Waals surface area contributed by atoms with E-state index in [1.165, 1.54) is 0 Å². The van der Waals surface area contributed by atoms with Gasteiger partial charge < -0.3 is 14.5 Å². The van der Waals surface area contributed by atoms with Crippen LogP contribution in [0.25, 0.3) is 0 Å². The zero-order valence-electron chi connectivity index (χ0n) is 13.7. The molecule has 3 fully saturated rings. The number of ether oxygens (including phenoxy) is 1. The lowest BCUT2D eigenvalue weighted by molar-refractivity contribution is -0.133. The quantitative estimate of drug-likeness (QED) is 0.848. The maximum atomic E-state index is 13.0. The molecule has 2 saturated heterocycles. The first-order valence-electron chi connectivity index (χ1n) is 8.77. The van der Waals surface area contributed by atoms with Crippen molar-refractivity contribution in [2.75, 3.05) is 31.1 Å². The Hall–Kier alpha value is -1.14. The number of likely N-dealkylation sites (tertiary alicyclic amines) is 1. The Labute approximate surface area is 141 Å². The molecule has 1 amide bonds. The van der Waals surface area contributed by atoms with Gasteiger partial charge >= 0.3 is 0 Å². The molecule has 5 nitrogen and oxygen atoms in total. The van der Waals surface area contributed by atoms with Gasteiger partial charge in [-0.2, -0.15) is 0 Å². The molecule has 3 heterocycles. The third-order valence-electron chi connectivity index (χ3n) is 5.68. The van der Waals surface area contributed by atoms with Crippen LogP contribution in [0.3, 0.4) is 0 Å². The van der Waals surface area contributed by atoms with E-state index in [2.05, 4.69) is 21.7 Å². The Kier molecular flexibility index (Phi) is 4.05. The highest BCUT2D eigenvalue weighted by Gasteiger charge is 2.51. The number of carbonyl (C=O) groups is 1. The fourth-order valence-electron chi connectivity index (χ4n) is 4.54. The summed E-state index contributed by atoms with van der Waals surface area (Å²) in [6, 6.07) is -0.000865. The van der Waals surface area contributed by atoms with Crippen LogP contribution in [0.1, 0.15) is 39.0 Å². The van der Waals surface area contributed by atoms with Crippen molar-refractivity contribution < 1.29 is 9.53 Å². The molecule has 1 aromatic heterocycles. The van der Waals surface area contributed by atoms with Crippen LogP contribution < -0.4 is 4.90 Å². The number of hydrogen-bond donors (Lipinski definition) is 0. The fraction of sp³-hybridized carbons (Fsp3) is 0.765. The Bertz CT molecular complexity index is 556. The average molecular weight is 335 g/mol. The van der Waals surface area contributed by atoms with Crippen molar-refractivity contribution in [3.63, 3.8) is 0 Å². The summed E-state index contributed by atoms with van der Waals surface area (Å²) < 4.78 is 5.71. The second kappa shape index (κ2) is 6.06. The molecule has 1 unspecified atom stereocenters. The lowest BCUT2D eigenvalue weighted by Crippen LogP contribution is -2.48. The van der Waals surface area contributed by atoms with E-state index in [1.807, 2.05) is 11.6 Å². The topological polar surface area (TPSA) is 45.7 Å². The van der Waals surface area contributed by atoms with E-state index in [-0.39, 0.29) is 6.04 Å². The maximum Gasteiger partial charge on any atom is 0.245 e. The number of amides is 1. The van der Waals surface area contributed by atoms with Gasteiger partial charge in [-0.05, 0) is 44.4 Å². The molecule has 0 bridgehead atoms. The highest BCUT2D eigenvalue weighted by atomic mass is 32.1. The predicted molar refractivity (Wildman–Crippen MR) is 90.8 cm³/mol. The van der Waals surface area contributed by atoms with E-state index < -0.39 is 0 Å². The minimum atomic E-state index is -0.000865. The largest absolute Gasteiger partial charge is 0.378 e. The smallest absolute Gasteiger partial charge is 0.245 e. The van der Waals surface area contributed by atoms with Gasteiger partial charge in [-0.15, -0.1) is 11.3 Å². The molecule has 4 rings (SSSR count). The number of hydrogen-bond acceptors (Lipinski definition) is 5. The van der Waals surface area contributed by atoms with Crippen LogP contribution in [0.2, 0.25) is 0 Å². The summed E-state index contributed by atoms with van der Waals surface area (Å²) in [6.45, 7) is 5.66. The number of nitrogens with zero attached hydrogens (tertiary/aromatic N) is 3. The van der Waals surface area contributed by atoms with Crippen LogP contribution in [0.15, 0.2) is 11.6 Å². The molecule has 0 radical (unpaired) electrons. The summed E-state index contributed by atoms with van der Waals surface area (Å²) in [7, 11) is 0. The Morgan fingerprint density at radius 1 is 1.48 bits per heavy atom. The first-order valence-corrected chi connectivity index (χ1v) is 9.65. The zero-order valence-corrected chi connectivity index (χ0v) is 14.6. The van der Waals surface area contributed by atoms with E-state index >= 15 is 0 Å². The Morgan fingerprint density at radius 3 is 3.09 bits per heavy atom. The first kappa shape index (κ1) is 15.4. The molecule has 1 aromatic rings. The van der Waals surface area contributed by atoms with Crippen LogP contribution in [-0.4, -0.2) is 54.2 Å². The van der Waals surface area contributed by atoms with Gasteiger partial charge in [0.05, 0.1) is 6.10 Å². The molecule has 1 saturated carbocycles. The van der Waals surface area contributed by atoms with Crippen molar-refractivity contribution in [3.8, 4) is 0 Å². The molecule has 6 heteroatoms. The van der Waals surface area contributed by atoms with Gasteiger partial charge in [-0.25, -0.2) is 4.98 Å². The third kappa shape index (κ3) is 2.76. The summed E-state index contributed by atoms with van der Waals surface area (Å²) >= 11 is 1.63. The molecule has 0 N–H and O–H groups in total. The second-order valence-corrected chi connectivity index (χ2v) is 8.03. The molecule has 3 aliphatic rings. The van der Waals surface area contributed by atoms with E-state index in [0.717, 1.165) is 63.5 Å². The molecule has 23 heavy (non-hydrogen) atoms. The van der Waals surface area contributed by atoms with Crippen LogP contribution in [0.4, 0.5) is 5.13 Å². The molecule has 2 aliphatic heterocycles. The van der Waals surface area contributed by atoms with Gasteiger partial charge in [0.1, 0.15) is 6.04 Å². The number of thiazole rings is 1. The fourth-order valence-corrected chi connectivity index (χ4v) is 5.26. The summed E-state index contributed by atoms with van der Waals surface area (Å²) in [5.41, 5.74) is 0.347. The molecule has 1 atom stereocenters. The maximum absolute atomic E-state index is 13.0. The predicted octanol–water partition coefficient (Wildman–Crippen LogP) is 2.53. The summed E-state index contributed by atoms with van der Waals surface area (Å²) in [5.74, 6) is 0.314. The average Bonchev–Trinajstić information content (AvgIpc) is 3.25. The van der Waals surface area contributed by atoms with Crippen molar-refractivity contribution in [1.29, 1.82) is 0 Å². The minimum Gasteiger partial charge on any atom is -0.378 e. The Balaban J connectivity index is 1.38. The standard InChI is InChI=1S/C17H25N3O2S/c1-2-22-13-10-17(11-13)5-8-19(12-17)15(21)14-4-3-7-20(14)16-18-6-9-23-16/h6,9,13-14H,2-5,7-8,10-12H2,1H3. The number of aromatic nitrogens is 1. The normalized spacial score (nSPS) is 33.4. The van der Waals surface area contributed by atoms with Gasteiger partial charge in [0.15, 0.2) is 5.13 Å². The van der Waals surface area contributed by atoms with E-state index in [1.54, 1.807) is 11.3 Å². The van der Waals surface area contributed by atoms with E-state index in [4.69, 9.17) is 4.74 Å². The van der Waals surface area contributed by atoms with Crippen molar-refractivity contribution in [1.82, 2.24) is 9.88 Å². The molecular weight excluding hydrogens is 310 g/mol. The van der Waals surface area contributed by atoms with Crippen LogP contribution in [-0.2, 0) is 9.53 Å². The van der Waals surface area contributed by atoms with Crippen molar-refractivity contribution in [2.24, 2.45) is 5.41 Å². The number of carbonyl (C=O) groups excluding carboxylic acids is 1. The highest BCUT2D eigenvalue weighted by Crippen LogP contribution is 2.49. The number of anilines is 1. The van der Waals surface area contributed by atoms with Gasteiger partial charge in [-0.1, -0.05) is 0 Å². The van der Waals surface area contributed by atoms with Gasteiger partial charge in [-0.3, -0.25) is 4.79 Å². The molecule has 126 valence electrons. The summed E-state index contributed by atoms with van der Waals surface area (Å²) in [6.07, 6.45) is 7.70. The van der Waals surface area contributed by atoms with Gasteiger partial charge in [0.2, 0.25) is 5.91 Å². The summed E-state index contributed by atoms with van der Waals surface area (Å²) in [5, 5.41) is 2.98. The molecular formula is C17H25N3O2S. The van der Waals surface area contributed by atoms with Gasteiger partial charge in [0.25, 0.3) is 0 Å². The highest BCUT2D eigenvalue weighted by molar-refractivity contribution is 7.13.